The minimum absolute atomic E-state index is 0. The SMILES string of the molecule is Cc1c(C)c(C)c(C(=O)C[n+]2ccccc2)c(C)c1C.[Cl-]. The van der Waals surface area contributed by atoms with Crippen LogP contribution in [0.2, 0.25) is 0 Å². The molecule has 0 unspecified atom stereocenters. The van der Waals surface area contributed by atoms with Gasteiger partial charge in [0.15, 0.2) is 12.4 Å². The van der Waals surface area contributed by atoms with E-state index >= 15 is 0 Å². The van der Waals surface area contributed by atoms with Crippen LogP contribution >= 0.6 is 0 Å². The molecule has 0 aliphatic rings. The molecule has 0 fully saturated rings. The molecule has 21 heavy (non-hydrogen) atoms. The van der Waals surface area contributed by atoms with Crippen LogP contribution in [-0.4, -0.2) is 5.78 Å². The highest BCUT2D eigenvalue weighted by atomic mass is 35.5. The molecule has 1 aromatic heterocycles. The Morgan fingerprint density at radius 3 is 1.71 bits per heavy atom. The van der Waals surface area contributed by atoms with Crippen molar-refractivity contribution in [1.29, 1.82) is 0 Å². The topological polar surface area (TPSA) is 20.9 Å². The summed E-state index contributed by atoms with van der Waals surface area (Å²) < 4.78 is 1.92. The Bertz CT molecular complexity index is 634. The van der Waals surface area contributed by atoms with E-state index in [4.69, 9.17) is 0 Å². The monoisotopic (exact) mass is 303 g/mol. The predicted octanol–water partition coefficient (Wildman–Crippen LogP) is 0.403. The highest BCUT2D eigenvalue weighted by molar-refractivity contribution is 5.98. The standard InChI is InChI=1S/C18H22NO.ClH/c1-12-13(2)15(4)18(16(5)14(12)3)17(20)11-19-9-7-6-8-10-19;/h6-10H,11H2,1-5H3;1H/q+1;/p-1. The third-order valence-corrected chi connectivity index (χ3v) is 4.38. The van der Waals surface area contributed by atoms with Crippen LogP contribution < -0.4 is 17.0 Å². The highest BCUT2D eigenvalue weighted by Gasteiger charge is 2.20. The summed E-state index contributed by atoms with van der Waals surface area (Å²) in [6.07, 6.45) is 3.85. The van der Waals surface area contributed by atoms with E-state index in [-0.39, 0.29) is 18.2 Å². The van der Waals surface area contributed by atoms with Gasteiger partial charge in [-0.05, 0) is 62.4 Å². The highest BCUT2D eigenvalue weighted by Crippen LogP contribution is 2.26. The van der Waals surface area contributed by atoms with E-state index in [0.29, 0.717) is 6.54 Å². The van der Waals surface area contributed by atoms with Gasteiger partial charge in [0.25, 0.3) is 0 Å². The van der Waals surface area contributed by atoms with Gasteiger partial charge in [-0.1, -0.05) is 6.07 Å². The summed E-state index contributed by atoms with van der Waals surface area (Å²) in [6, 6.07) is 5.84. The average molecular weight is 304 g/mol. The maximum absolute atomic E-state index is 12.7. The second-order valence-corrected chi connectivity index (χ2v) is 5.47. The van der Waals surface area contributed by atoms with Gasteiger partial charge >= 0.3 is 0 Å². The summed E-state index contributed by atoms with van der Waals surface area (Å²) in [5.41, 5.74) is 6.88. The van der Waals surface area contributed by atoms with E-state index in [9.17, 15) is 4.79 Å². The van der Waals surface area contributed by atoms with E-state index in [1.165, 1.54) is 16.7 Å². The molecule has 2 aromatic rings. The molecule has 0 spiro atoms. The Labute approximate surface area is 133 Å². The molecule has 0 saturated heterocycles. The van der Waals surface area contributed by atoms with Crippen LogP contribution in [0.1, 0.15) is 38.2 Å². The van der Waals surface area contributed by atoms with Gasteiger partial charge in [0.2, 0.25) is 12.3 Å². The van der Waals surface area contributed by atoms with Gasteiger partial charge in [-0.2, -0.15) is 4.57 Å². The van der Waals surface area contributed by atoms with Gasteiger partial charge in [0.05, 0.1) is 0 Å². The first-order valence-corrected chi connectivity index (χ1v) is 6.97. The van der Waals surface area contributed by atoms with Gasteiger partial charge < -0.3 is 12.4 Å². The first kappa shape index (κ1) is 17.4. The van der Waals surface area contributed by atoms with Crippen molar-refractivity contribution in [2.75, 3.05) is 0 Å². The smallest absolute Gasteiger partial charge is 0.228 e. The lowest BCUT2D eigenvalue weighted by Crippen LogP contribution is -3.00. The maximum Gasteiger partial charge on any atom is 0.228 e. The quantitative estimate of drug-likeness (QED) is 0.594. The van der Waals surface area contributed by atoms with E-state index in [1.807, 2.05) is 35.2 Å². The first-order valence-electron chi connectivity index (χ1n) is 6.97. The molecular weight excluding hydrogens is 282 g/mol. The molecule has 2 rings (SSSR count). The van der Waals surface area contributed by atoms with Crippen molar-refractivity contribution in [1.82, 2.24) is 0 Å². The molecule has 112 valence electrons. The minimum Gasteiger partial charge on any atom is -1.00 e. The second kappa shape index (κ2) is 6.86. The van der Waals surface area contributed by atoms with Crippen molar-refractivity contribution in [3.8, 4) is 0 Å². The molecule has 0 amide bonds. The summed E-state index contributed by atoms with van der Waals surface area (Å²) in [4.78, 5) is 12.7. The summed E-state index contributed by atoms with van der Waals surface area (Å²) in [7, 11) is 0. The molecule has 0 radical (unpaired) electrons. The lowest BCUT2D eigenvalue weighted by Gasteiger charge is -2.17. The van der Waals surface area contributed by atoms with Gasteiger partial charge in [-0.3, -0.25) is 4.79 Å². The average Bonchev–Trinajstić information content (AvgIpc) is 2.44. The van der Waals surface area contributed by atoms with Gasteiger partial charge in [-0.25, -0.2) is 0 Å². The van der Waals surface area contributed by atoms with Crippen LogP contribution in [0.3, 0.4) is 0 Å². The maximum atomic E-state index is 12.7. The molecule has 0 aliphatic carbocycles. The number of pyridine rings is 1. The van der Waals surface area contributed by atoms with Crippen molar-refractivity contribution in [3.05, 3.63) is 64.0 Å². The molecular formula is C18H22ClNO. The Morgan fingerprint density at radius 1 is 0.810 bits per heavy atom. The normalized spacial score (nSPS) is 10.1. The van der Waals surface area contributed by atoms with E-state index in [2.05, 4.69) is 34.6 Å². The minimum atomic E-state index is 0. The molecule has 0 N–H and O–H groups in total. The van der Waals surface area contributed by atoms with Gasteiger partial charge in [0.1, 0.15) is 0 Å². The number of Topliss-reactive ketones (excluding diaryl/α,β-unsaturated/α-hetero) is 1. The summed E-state index contributed by atoms with van der Waals surface area (Å²) in [6.45, 7) is 10.8. The van der Waals surface area contributed by atoms with Crippen LogP contribution in [0.25, 0.3) is 0 Å². The molecule has 1 heterocycles. The molecule has 0 aliphatic heterocycles. The van der Waals surface area contributed by atoms with Crippen molar-refractivity contribution in [2.24, 2.45) is 0 Å². The molecule has 0 bridgehead atoms. The van der Waals surface area contributed by atoms with Crippen LogP contribution in [0, 0.1) is 34.6 Å². The van der Waals surface area contributed by atoms with Crippen LogP contribution in [0.5, 0.6) is 0 Å². The fraction of sp³-hybridized carbons (Fsp3) is 0.333. The zero-order valence-electron chi connectivity index (χ0n) is 13.3. The number of aromatic nitrogens is 1. The molecule has 3 heteroatoms. The molecule has 1 aromatic carbocycles. The fourth-order valence-electron chi connectivity index (χ4n) is 2.70. The number of carbonyl (C=O) groups excluding carboxylic acids is 1. The largest absolute Gasteiger partial charge is 1.00 e. The number of hydrogen-bond acceptors (Lipinski definition) is 1. The summed E-state index contributed by atoms with van der Waals surface area (Å²) in [5, 5.41) is 0. The Balaban J connectivity index is 0.00000220. The van der Waals surface area contributed by atoms with E-state index in [0.717, 1.165) is 16.7 Å². The van der Waals surface area contributed by atoms with Gasteiger partial charge in [0, 0.05) is 17.7 Å². The third-order valence-electron chi connectivity index (χ3n) is 4.38. The number of ketones is 1. The van der Waals surface area contributed by atoms with Crippen molar-refractivity contribution in [3.63, 3.8) is 0 Å². The third kappa shape index (κ3) is 3.33. The van der Waals surface area contributed by atoms with Crippen LogP contribution in [-0.2, 0) is 6.54 Å². The van der Waals surface area contributed by atoms with Crippen LogP contribution in [0.4, 0.5) is 0 Å². The molecule has 0 saturated carbocycles. The van der Waals surface area contributed by atoms with Crippen molar-refractivity contribution < 1.29 is 21.8 Å². The second-order valence-electron chi connectivity index (χ2n) is 5.47. The van der Waals surface area contributed by atoms with Gasteiger partial charge in [-0.15, -0.1) is 0 Å². The summed E-state index contributed by atoms with van der Waals surface area (Å²) >= 11 is 0. The van der Waals surface area contributed by atoms with E-state index in [1.54, 1.807) is 0 Å². The molecule has 2 nitrogen and oxygen atoms in total. The predicted molar refractivity (Wildman–Crippen MR) is 81.1 cm³/mol. The van der Waals surface area contributed by atoms with E-state index < -0.39 is 0 Å². The lowest BCUT2D eigenvalue weighted by atomic mass is 9.88. The zero-order chi connectivity index (χ0) is 14.9. The number of carbonyl (C=O) groups is 1. The number of hydrogen-bond donors (Lipinski definition) is 0. The summed E-state index contributed by atoms with van der Waals surface area (Å²) in [5.74, 6) is 0.183. The first-order chi connectivity index (χ1) is 9.43. The number of halogens is 1. The van der Waals surface area contributed by atoms with Crippen molar-refractivity contribution in [2.45, 2.75) is 41.2 Å². The number of nitrogens with zero attached hydrogens (tertiary/aromatic N) is 1. The molecule has 0 atom stereocenters. The van der Waals surface area contributed by atoms with Crippen molar-refractivity contribution >= 4 is 5.78 Å². The lowest BCUT2D eigenvalue weighted by molar-refractivity contribution is -0.683. The number of rotatable bonds is 3. The number of benzene rings is 1. The fourth-order valence-corrected chi connectivity index (χ4v) is 2.70. The zero-order valence-corrected chi connectivity index (χ0v) is 14.1. The Kier molecular flexibility index (Phi) is 5.68. The Hall–Kier alpha value is -1.67. The van der Waals surface area contributed by atoms with Crippen LogP contribution in [0.15, 0.2) is 30.6 Å². The Morgan fingerprint density at radius 2 is 1.24 bits per heavy atom.